The Balaban J connectivity index is 0.00000109. The van der Waals surface area contributed by atoms with Gasteiger partial charge in [0.05, 0.1) is 21.8 Å². The van der Waals surface area contributed by atoms with E-state index in [1.165, 1.54) is 22.0 Å². The van der Waals surface area contributed by atoms with Crippen LogP contribution in [0.3, 0.4) is 0 Å². The molecular weight excluding hydrogens is 362 g/mol. The molecule has 0 saturated heterocycles. The summed E-state index contributed by atoms with van der Waals surface area (Å²) in [5, 5.41) is 21.2. The van der Waals surface area contributed by atoms with Gasteiger partial charge < -0.3 is 10.2 Å². The van der Waals surface area contributed by atoms with Gasteiger partial charge in [0.15, 0.2) is 0 Å². The molecule has 5 nitrogen and oxygen atoms in total. The zero-order valence-electron chi connectivity index (χ0n) is 14.0. The predicted molar refractivity (Wildman–Crippen MR) is 100 cm³/mol. The van der Waals surface area contributed by atoms with Gasteiger partial charge in [-0.25, -0.2) is 0 Å². The fraction of sp³-hybridized carbons (Fsp3) is 0.222. The average molecular weight is 380 g/mol. The van der Waals surface area contributed by atoms with Crippen LogP contribution in [-0.2, 0) is 11.2 Å². The van der Waals surface area contributed by atoms with E-state index >= 15 is 0 Å². The zero-order chi connectivity index (χ0) is 18.7. The molecule has 0 radical (unpaired) electrons. The van der Waals surface area contributed by atoms with Crippen LogP contribution in [0.1, 0.15) is 34.8 Å². The van der Waals surface area contributed by atoms with Crippen LogP contribution in [0.5, 0.6) is 5.75 Å². The number of carbonyl (C=O) groups excluding carboxylic acids is 1. The largest absolute Gasteiger partial charge is 0.506 e. The van der Waals surface area contributed by atoms with Crippen LogP contribution in [0.2, 0.25) is 5.02 Å². The lowest BCUT2D eigenvalue weighted by Gasteiger charge is -2.05. The minimum absolute atomic E-state index is 0.0552. The first-order valence-corrected chi connectivity index (χ1v) is 8.99. The molecule has 25 heavy (non-hydrogen) atoms. The summed E-state index contributed by atoms with van der Waals surface area (Å²) in [5.41, 5.74) is 1.42. The number of benzene rings is 1. The van der Waals surface area contributed by atoms with Gasteiger partial charge in [0, 0.05) is 11.1 Å². The molecule has 0 atom stereocenters. The summed E-state index contributed by atoms with van der Waals surface area (Å²) in [6.07, 6.45) is -0.282. The van der Waals surface area contributed by atoms with Crippen molar-refractivity contribution in [2.45, 2.75) is 27.2 Å². The molecule has 2 N–H and O–H groups in total. The summed E-state index contributed by atoms with van der Waals surface area (Å²) in [6.45, 7) is 5.68. The first kappa shape index (κ1) is 19.0. The maximum absolute atomic E-state index is 12.8. The smallest absolute Gasteiger partial charge is 0.307 e. The summed E-state index contributed by atoms with van der Waals surface area (Å²) < 4.78 is 1.45. The van der Waals surface area contributed by atoms with E-state index in [2.05, 4.69) is 0 Å². The van der Waals surface area contributed by atoms with Gasteiger partial charge in [-0.3, -0.25) is 14.2 Å². The second-order valence-corrected chi connectivity index (χ2v) is 6.37. The van der Waals surface area contributed by atoms with E-state index in [0.29, 0.717) is 27.0 Å². The number of phenolic OH excluding ortho intramolecular Hbond substituents is 1. The van der Waals surface area contributed by atoms with Crippen molar-refractivity contribution in [1.29, 1.82) is 0 Å². The van der Waals surface area contributed by atoms with Gasteiger partial charge in [0.25, 0.3) is 5.91 Å². The number of rotatable bonds is 3. The van der Waals surface area contributed by atoms with Crippen LogP contribution in [0.25, 0.3) is 10.9 Å². The molecular formula is C18H18ClNO4S. The normalized spacial score (nSPS) is 10.4. The van der Waals surface area contributed by atoms with E-state index in [4.69, 9.17) is 16.7 Å². The fourth-order valence-electron chi connectivity index (χ4n) is 2.66. The minimum Gasteiger partial charge on any atom is -0.506 e. The number of carbonyl (C=O) groups is 2. The number of aromatic nitrogens is 1. The van der Waals surface area contributed by atoms with Gasteiger partial charge in [0.2, 0.25) is 0 Å². The van der Waals surface area contributed by atoms with E-state index in [-0.39, 0.29) is 23.1 Å². The van der Waals surface area contributed by atoms with Crippen molar-refractivity contribution >= 4 is 45.7 Å². The number of thiophene rings is 1. The van der Waals surface area contributed by atoms with Crippen molar-refractivity contribution < 1.29 is 19.8 Å². The highest BCUT2D eigenvalue weighted by Gasteiger charge is 2.24. The van der Waals surface area contributed by atoms with E-state index in [1.54, 1.807) is 30.5 Å². The lowest BCUT2D eigenvalue weighted by atomic mass is 10.1. The Morgan fingerprint density at radius 1 is 1.24 bits per heavy atom. The number of phenols is 1. The molecule has 0 aliphatic carbocycles. The molecule has 0 saturated carbocycles. The Labute approximate surface area is 154 Å². The molecule has 0 fully saturated rings. The summed E-state index contributed by atoms with van der Waals surface area (Å²) in [6, 6.07) is 6.44. The molecule has 2 heterocycles. The van der Waals surface area contributed by atoms with Crippen molar-refractivity contribution in [2.75, 3.05) is 0 Å². The van der Waals surface area contributed by atoms with E-state index in [9.17, 15) is 14.7 Å². The molecule has 132 valence electrons. The van der Waals surface area contributed by atoms with E-state index in [0.717, 1.165) is 0 Å². The molecule has 0 aliphatic rings. The molecule has 2 aromatic heterocycles. The van der Waals surface area contributed by atoms with Crippen molar-refractivity contribution in [2.24, 2.45) is 0 Å². The van der Waals surface area contributed by atoms with Crippen molar-refractivity contribution in [1.82, 2.24) is 4.57 Å². The molecule has 0 amide bonds. The highest BCUT2D eigenvalue weighted by atomic mass is 35.5. The first-order chi connectivity index (χ1) is 11.9. The van der Waals surface area contributed by atoms with Crippen molar-refractivity contribution in [3.05, 3.63) is 50.8 Å². The monoisotopic (exact) mass is 379 g/mol. The topological polar surface area (TPSA) is 79.5 Å². The lowest BCUT2D eigenvalue weighted by Crippen LogP contribution is -2.12. The average Bonchev–Trinajstić information content (AvgIpc) is 3.20. The number of carboxylic acids is 1. The number of carboxylic acid groups (broad SMARTS) is 1. The second-order valence-electron chi connectivity index (χ2n) is 5.05. The van der Waals surface area contributed by atoms with Gasteiger partial charge >= 0.3 is 5.97 Å². The van der Waals surface area contributed by atoms with Gasteiger partial charge in [-0.15, -0.1) is 11.3 Å². The second kappa shape index (κ2) is 7.72. The third-order valence-electron chi connectivity index (χ3n) is 3.68. The molecule has 7 heteroatoms. The van der Waals surface area contributed by atoms with Gasteiger partial charge in [-0.05, 0) is 36.1 Å². The molecule has 0 bridgehead atoms. The van der Waals surface area contributed by atoms with Crippen LogP contribution >= 0.6 is 22.9 Å². The van der Waals surface area contributed by atoms with Gasteiger partial charge in [-0.2, -0.15) is 0 Å². The first-order valence-electron chi connectivity index (χ1n) is 7.73. The summed E-state index contributed by atoms with van der Waals surface area (Å²) in [7, 11) is 0. The van der Waals surface area contributed by atoms with Crippen molar-refractivity contribution in [3.8, 4) is 5.75 Å². The zero-order valence-corrected chi connectivity index (χ0v) is 15.6. The van der Waals surface area contributed by atoms with Crippen LogP contribution in [0.4, 0.5) is 0 Å². The summed E-state index contributed by atoms with van der Waals surface area (Å²) in [5.74, 6) is -1.43. The highest BCUT2D eigenvalue weighted by Crippen LogP contribution is 2.38. The molecule has 3 rings (SSSR count). The molecule has 0 unspecified atom stereocenters. The van der Waals surface area contributed by atoms with Gasteiger partial charge in [0.1, 0.15) is 5.75 Å². The molecule has 0 aliphatic heterocycles. The van der Waals surface area contributed by atoms with E-state index in [1.807, 2.05) is 13.8 Å². The Morgan fingerprint density at radius 3 is 2.48 bits per heavy atom. The summed E-state index contributed by atoms with van der Waals surface area (Å²) >= 11 is 7.47. The quantitative estimate of drug-likeness (QED) is 0.690. The third-order valence-corrected chi connectivity index (χ3v) is 4.92. The molecule has 3 aromatic rings. The predicted octanol–water partition coefficient (Wildman–Crippen LogP) is 4.71. The van der Waals surface area contributed by atoms with Crippen LogP contribution < -0.4 is 0 Å². The Bertz CT molecular complexity index is 929. The van der Waals surface area contributed by atoms with Crippen LogP contribution in [0.15, 0.2) is 29.6 Å². The number of fused-ring (bicyclic) bond motifs is 1. The maximum Gasteiger partial charge on any atom is 0.307 e. The highest BCUT2D eigenvalue weighted by molar-refractivity contribution is 7.12. The fourth-order valence-corrected chi connectivity index (χ4v) is 3.59. The number of hydrogen-bond donors (Lipinski definition) is 2. The Kier molecular flexibility index (Phi) is 5.87. The third kappa shape index (κ3) is 3.41. The van der Waals surface area contributed by atoms with Crippen molar-refractivity contribution in [3.63, 3.8) is 0 Å². The number of halogens is 1. The SMILES string of the molecule is CC.Cc1c(CC(=O)O)c2c(Cl)c(O)ccc2n1C(=O)c1cccs1. The van der Waals surface area contributed by atoms with E-state index < -0.39 is 5.97 Å². The number of aliphatic carboxylic acids is 1. The maximum atomic E-state index is 12.8. The number of nitrogens with zero attached hydrogens (tertiary/aromatic N) is 1. The number of hydrogen-bond acceptors (Lipinski definition) is 4. The van der Waals surface area contributed by atoms with Crippen LogP contribution in [-0.4, -0.2) is 26.7 Å². The van der Waals surface area contributed by atoms with Crippen LogP contribution in [0, 0.1) is 6.92 Å². The Hall–Kier alpha value is -2.31. The molecule has 1 aromatic carbocycles. The summed E-state index contributed by atoms with van der Waals surface area (Å²) in [4.78, 5) is 24.5. The molecule has 0 spiro atoms. The van der Waals surface area contributed by atoms with Gasteiger partial charge in [-0.1, -0.05) is 31.5 Å². The Morgan fingerprint density at radius 2 is 1.92 bits per heavy atom. The minimum atomic E-state index is -1.03. The standard InChI is InChI=1S/C16H12ClNO4S.C2H6/c1-8-9(7-13(20)21)14-10(4-5-11(19)15(14)17)18(8)16(22)12-3-2-6-23-12;1-2/h2-6,19H,7H2,1H3,(H,20,21);1-2H3. The lowest BCUT2D eigenvalue weighted by molar-refractivity contribution is -0.136. The number of aromatic hydroxyl groups is 1.